The van der Waals surface area contributed by atoms with Crippen molar-refractivity contribution < 1.29 is 9.47 Å². The van der Waals surface area contributed by atoms with Gasteiger partial charge in [-0.2, -0.15) is 0 Å². The molecule has 6 nitrogen and oxygen atoms in total. The van der Waals surface area contributed by atoms with Crippen LogP contribution in [0, 0.1) is 0 Å². The van der Waals surface area contributed by atoms with Gasteiger partial charge in [-0.15, -0.1) is 24.0 Å². The average Bonchev–Trinajstić information content (AvgIpc) is 2.56. The number of rotatable bonds is 7. The van der Waals surface area contributed by atoms with Gasteiger partial charge in [0.15, 0.2) is 5.96 Å². The van der Waals surface area contributed by atoms with E-state index in [4.69, 9.17) is 15.2 Å². The molecule has 0 saturated heterocycles. The van der Waals surface area contributed by atoms with Crippen LogP contribution in [-0.2, 0) is 17.9 Å². The number of benzene rings is 1. The van der Waals surface area contributed by atoms with Crippen molar-refractivity contribution in [2.24, 2.45) is 10.7 Å². The summed E-state index contributed by atoms with van der Waals surface area (Å²) in [5, 5.41) is 3.10. The Hall–Kier alpha value is -1.87. The number of pyridine rings is 1. The first-order chi connectivity index (χ1) is 11.2. The highest BCUT2D eigenvalue weighted by atomic mass is 127. The number of hydrogen-bond donors (Lipinski definition) is 2. The molecule has 0 radical (unpaired) electrons. The molecule has 2 rings (SSSR count). The van der Waals surface area contributed by atoms with Gasteiger partial charge in [-0.25, -0.2) is 9.98 Å². The van der Waals surface area contributed by atoms with Crippen molar-refractivity contribution >= 4 is 35.6 Å². The minimum absolute atomic E-state index is 0. The van der Waals surface area contributed by atoms with Gasteiger partial charge in [-0.05, 0) is 19.1 Å². The van der Waals surface area contributed by atoms with E-state index in [1.807, 2.05) is 43.3 Å². The van der Waals surface area contributed by atoms with E-state index in [2.05, 4.69) is 15.3 Å². The SMILES string of the molecule is CCOc1ncccc1CN=C(N)Nc1ccccc1COC.I. The standard InChI is InChI=1S/C17H22N4O2.HI/c1-3-23-16-13(8-6-10-19-16)11-20-17(18)21-15-9-5-4-7-14(15)12-22-2;/h4-10H,3,11-12H2,1-2H3,(H3,18,20,21);1H. The monoisotopic (exact) mass is 442 g/mol. The first-order valence-corrected chi connectivity index (χ1v) is 7.45. The smallest absolute Gasteiger partial charge is 0.218 e. The van der Waals surface area contributed by atoms with Crippen LogP contribution in [0.2, 0.25) is 0 Å². The highest BCUT2D eigenvalue weighted by Gasteiger charge is 2.05. The van der Waals surface area contributed by atoms with Gasteiger partial charge in [0.05, 0.1) is 19.8 Å². The maximum absolute atomic E-state index is 5.98. The molecule has 2 aromatic rings. The molecule has 1 aromatic carbocycles. The fourth-order valence-corrected chi connectivity index (χ4v) is 2.08. The Morgan fingerprint density at radius 3 is 2.71 bits per heavy atom. The zero-order chi connectivity index (χ0) is 16.5. The number of nitrogens with two attached hydrogens (primary N) is 1. The van der Waals surface area contributed by atoms with Crippen LogP contribution in [0.5, 0.6) is 5.88 Å². The van der Waals surface area contributed by atoms with E-state index in [0.29, 0.717) is 31.6 Å². The molecule has 0 atom stereocenters. The normalized spacial score (nSPS) is 10.8. The molecule has 0 fully saturated rings. The Morgan fingerprint density at radius 1 is 1.21 bits per heavy atom. The maximum Gasteiger partial charge on any atom is 0.218 e. The van der Waals surface area contributed by atoms with Crippen LogP contribution in [0.1, 0.15) is 18.1 Å². The number of hydrogen-bond acceptors (Lipinski definition) is 4. The Bertz CT molecular complexity index is 665. The Kier molecular flexibility index (Phi) is 9.10. The molecule has 3 N–H and O–H groups in total. The molecule has 0 aliphatic carbocycles. The minimum Gasteiger partial charge on any atom is -0.478 e. The molecular weight excluding hydrogens is 419 g/mol. The molecule has 130 valence electrons. The predicted octanol–water partition coefficient (Wildman–Crippen LogP) is 3.17. The fourth-order valence-electron chi connectivity index (χ4n) is 2.08. The number of aromatic nitrogens is 1. The van der Waals surface area contributed by atoms with E-state index in [0.717, 1.165) is 16.8 Å². The predicted molar refractivity (Wildman–Crippen MR) is 107 cm³/mol. The summed E-state index contributed by atoms with van der Waals surface area (Å²) in [4.78, 5) is 8.56. The third-order valence-electron chi connectivity index (χ3n) is 3.13. The summed E-state index contributed by atoms with van der Waals surface area (Å²) in [7, 11) is 1.66. The number of anilines is 1. The molecule has 0 aliphatic heterocycles. The summed E-state index contributed by atoms with van der Waals surface area (Å²) in [5.41, 5.74) is 8.77. The van der Waals surface area contributed by atoms with E-state index in [1.165, 1.54) is 0 Å². The molecule has 0 unspecified atom stereocenters. The quantitative estimate of drug-likeness (QED) is 0.391. The van der Waals surface area contributed by atoms with Gasteiger partial charge < -0.3 is 20.5 Å². The van der Waals surface area contributed by atoms with E-state index in [1.54, 1.807) is 13.3 Å². The zero-order valence-electron chi connectivity index (χ0n) is 13.9. The van der Waals surface area contributed by atoms with Crippen LogP contribution < -0.4 is 15.8 Å². The lowest BCUT2D eigenvalue weighted by molar-refractivity contribution is 0.185. The second-order valence-electron chi connectivity index (χ2n) is 4.82. The number of ether oxygens (including phenoxy) is 2. The largest absolute Gasteiger partial charge is 0.478 e. The number of nitrogens with zero attached hydrogens (tertiary/aromatic N) is 2. The highest BCUT2D eigenvalue weighted by molar-refractivity contribution is 14.0. The van der Waals surface area contributed by atoms with Crippen molar-refractivity contribution in [1.29, 1.82) is 0 Å². The van der Waals surface area contributed by atoms with Gasteiger partial charge in [0.25, 0.3) is 0 Å². The molecule has 1 aromatic heterocycles. The highest BCUT2D eigenvalue weighted by Crippen LogP contribution is 2.17. The number of para-hydroxylation sites is 1. The van der Waals surface area contributed by atoms with Gasteiger partial charge in [0, 0.05) is 30.1 Å². The third-order valence-corrected chi connectivity index (χ3v) is 3.13. The van der Waals surface area contributed by atoms with Gasteiger partial charge in [0.1, 0.15) is 0 Å². The summed E-state index contributed by atoms with van der Waals surface area (Å²) in [6.45, 7) is 3.39. The Morgan fingerprint density at radius 2 is 1.96 bits per heavy atom. The van der Waals surface area contributed by atoms with Crippen LogP contribution in [0.4, 0.5) is 5.69 Å². The molecular formula is C17H23IN4O2. The Balaban J connectivity index is 0.00000288. The Labute approximate surface area is 159 Å². The van der Waals surface area contributed by atoms with E-state index in [9.17, 15) is 0 Å². The van der Waals surface area contributed by atoms with Gasteiger partial charge in [0.2, 0.25) is 5.88 Å². The number of methoxy groups -OCH3 is 1. The molecule has 0 saturated carbocycles. The van der Waals surface area contributed by atoms with Gasteiger partial charge >= 0.3 is 0 Å². The average molecular weight is 442 g/mol. The lowest BCUT2D eigenvalue weighted by Gasteiger charge is -2.11. The number of aliphatic imine (C=N–C) groups is 1. The molecule has 0 aliphatic rings. The summed E-state index contributed by atoms with van der Waals surface area (Å²) in [6.07, 6.45) is 1.70. The van der Waals surface area contributed by atoms with Crippen LogP contribution in [-0.4, -0.2) is 24.7 Å². The summed E-state index contributed by atoms with van der Waals surface area (Å²) in [5.74, 6) is 0.922. The van der Waals surface area contributed by atoms with Crippen molar-refractivity contribution in [3.05, 3.63) is 53.7 Å². The number of guanidine groups is 1. The second kappa shape index (κ2) is 10.8. The van der Waals surface area contributed by atoms with E-state index >= 15 is 0 Å². The summed E-state index contributed by atoms with van der Waals surface area (Å²) < 4.78 is 10.7. The molecule has 0 amide bonds. The van der Waals surface area contributed by atoms with E-state index in [-0.39, 0.29) is 24.0 Å². The van der Waals surface area contributed by atoms with Gasteiger partial charge in [-0.1, -0.05) is 24.3 Å². The zero-order valence-corrected chi connectivity index (χ0v) is 16.2. The number of nitrogens with one attached hydrogen (secondary N) is 1. The van der Waals surface area contributed by atoms with Crippen LogP contribution in [0.25, 0.3) is 0 Å². The fraction of sp³-hybridized carbons (Fsp3) is 0.294. The first-order valence-electron chi connectivity index (χ1n) is 7.45. The first kappa shape index (κ1) is 20.2. The van der Waals surface area contributed by atoms with Crippen molar-refractivity contribution in [1.82, 2.24) is 4.98 Å². The molecule has 7 heteroatoms. The van der Waals surface area contributed by atoms with Crippen LogP contribution >= 0.6 is 24.0 Å². The van der Waals surface area contributed by atoms with Gasteiger partial charge in [-0.3, -0.25) is 0 Å². The lowest BCUT2D eigenvalue weighted by atomic mass is 10.2. The summed E-state index contributed by atoms with van der Waals surface area (Å²) >= 11 is 0. The van der Waals surface area contributed by atoms with E-state index < -0.39 is 0 Å². The second-order valence-corrected chi connectivity index (χ2v) is 4.82. The molecule has 0 spiro atoms. The topological polar surface area (TPSA) is 81.8 Å². The van der Waals surface area contributed by atoms with Crippen molar-refractivity contribution in [2.75, 3.05) is 19.0 Å². The number of halogens is 1. The minimum atomic E-state index is 0. The maximum atomic E-state index is 5.98. The lowest BCUT2D eigenvalue weighted by Crippen LogP contribution is -2.23. The van der Waals surface area contributed by atoms with Crippen molar-refractivity contribution in [3.63, 3.8) is 0 Å². The molecule has 1 heterocycles. The van der Waals surface area contributed by atoms with Crippen LogP contribution in [0.3, 0.4) is 0 Å². The third kappa shape index (κ3) is 5.97. The molecule has 0 bridgehead atoms. The molecule has 24 heavy (non-hydrogen) atoms. The summed E-state index contributed by atoms with van der Waals surface area (Å²) in [6, 6.07) is 11.6. The van der Waals surface area contributed by atoms with Crippen LogP contribution in [0.15, 0.2) is 47.6 Å². The van der Waals surface area contributed by atoms with Crippen molar-refractivity contribution in [3.8, 4) is 5.88 Å². The van der Waals surface area contributed by atoms with Crippen molar-refractivity contribution in [2.45, 2.75) is 20.1 Å².